The number of hydrogen-bond donors (Lipinski definition) is 0. The van der Waals surface area contributed by atoms with E-state index in [-0.39, 0.29) is 5.92 Å². The minimum Gasteiger partial charge on any atom is -0.299 e. The van der Waals surface area contributed by atoms with Gasteiger partial charge in [0, 0.05) is 25.4 Å². The predicted molar refractivity (Wildman–Crippen MR) is 65.1 cm³/mol. The summed E-state index contributed by atoms with van der Waals surface area (Å²) in [6.07, 6.45) is 1.72. The van der Waals surface area contributed by atoms with Crippen LogP contribution in [0.2, 0.25) is 0 Å². The number of hydrogen-bond acceptors (Lipinski definition) is 2. The first-order chi connectivity index (χ1) is 7.75. The number of nitrogens with zero attached hydrogens (tertiary/aromatic N) is 1. The topological polar surface area (TPSA) is 20.3 Å². The fourth-order valence-corrected chi connectivity index (χ4v) is 2.16. The van der Waals surface area contributed by atoms with E-state index in [1.807, 2.05) is 13.0 Å². The van der Waals surface area contributed by atoms with Gasteiger partial charge < -0.3 is 0 Å². The van der Waals surface area contributed by atoms with Crippen molar-refractivity contribution in [1.82, 2.24) is 4.90 Å². The lowest BCUT2D eigenvalue weighted by Gasteiger charge is -2.19. The highest BCUT2D eigenvalue weighted by molar-refractivity contribution is 5.81. The van der Waals surface area contributed by atoms with Crippen molar-refractivity contribution in [1.29, 1.82) is 0 Å². The Hall–Kier alpha value is -1.15. The van der Waals surface area contributed by atoms with Gasteiger partial charge in [-0.15, -0.1) is 0 Å². The van der Waals surface area contributed by atoms with E-state index in [4.69, 9.17) is 0 Å². The van der Waals surface area contributed by atoms with E-state index in [1.165, 1.54) is 5.56 Å². The zero-order valence-corrected chi connectivity index (χ0v) is 9.86. The van der Waals surface area contributed by atoms with Crippen molar-refractivity contribution in [3.8, 4) is 0 Å². The maximum absolute atomic E-state index is 11.6. The Morgan fingerprint density at radius 2 is 2.00 bits per heavy atom. The molecule has 1 aliphatic rings. The predicted octanol–water partition coefficient (Wildman–Crippen LogP) is 2.49. The van der Waals surface area contributed by atoms with Gasteiger partial charge in [-0.2, -0.15) is 0 Å². The molecule has 2 nitrogen and oxygen atoms in total. The summed E-state index contributed by atoms with van der Waals surface area (Å²) in [5.41, 5.74) is 1.34. The summed E-state index contributed by atoms with van der Waals surface area (Å²) in [6.45, 7) is 4.98. The Morgan fingerprint density at radius 3 is 2.75 bits per heavy atom. The van der Waals surface area contributed by atoms with Crippen LogP contribution in [0, 0.1) is 5.92 Å². The molecule has 2 rings (SSSR count). The molecule has 0 aliphatic carbocycles. The molecule has 1 unspecified atom stereocenters. The minimum atomic E-state index is 0.251. The molecular formula is C14H19NO. The summed E-state index contributed by atoms with van der Waals surface area (Å²) >= 11 is 0. The molecule has 0 saturated carbocycles. The fourth-order valence-electron chi connectivity index (χ4n) is 2.16. The van der Waals surface area contributed by atoms with E-state index in [0.717, 1.165) is 26.1 Å². The third-order valence-electron chi connectivity index (χ3n) is 3.35. The standard InChI is InChI=1S/C14H19NO/c1-12-7-9-15(10-8-14(12)16)11-13-5-3-2-4-6-13/h2-6,12H,7-11H2,1H3. The van der Waals surface area contributed by atoms with Gasteiger partial charge in [0.1, 0.15) is 5.78 Å². The first-order valence-electron chi connectivity index (χ1n) is 6.04. The van der Waals surface area contributed by atoms with Gasteiger partial charge in [0.25, 0.3) is 0 Å². The highest BCUT2D eigenvalue weighted by Gasteiger charge is 2.20. The summed E-state index contributed by atoms with van der Waals surface area (Å²) < 4.78 is 0. The van der Waals surface area contributed by atoms with Crippen LogP contribution in [0.4, 0.5) is 0 Å². The maximum Gasteiger partial charge on any atom is 0.137 e. The number of Topliss-reactive ketones (excluding diaryl/α,β-unsaturated/α-hetero) is 1. The lowest BCUT2D eigenvalue weighted by Crippen LogP contribution is -2.24. The lowest BCUT2D eigenvalue weighted by atomic mass is 10.0. The van der Waals surface area contributed by atoms with Crippen LogP contribution in [-0.4, -0.2) is 23.8 Å². The van der Waals surface area contributed by atoms with Crippen molar-refractivity contribution in [2.45, 2.75) is 26.3 Å². The molecule has 1 saturated heterocycles. The van der Waals surface area contributed by atoms with Crippen LogP contribution in [-0.2, 0) is 11.3 Å². The monoisotopic (exact) mass is 217 g/mol. The highest BCUT2D eigenvalue weighted by atomic mass is 16.1. The van der Waals surface area contributed by atoms with Crippen LogP contribution < -0.4 is 0 Å². The van der Waals surface area contributed by atoms with Crippen LogP contribution >= 0.6 is 0 Å². The molecule has 0 N–H and O–H groups in total. The zero-order chi connectivity index (χ0) is 11.4. The Balaban J connectivity index is 1.94. The van der Waals surface area contributed by atoms with E-state index < -0.39 is 0 Å². The van der Waals surface area contributed by atoms with E-state index in [0.29, 0.717) is 12.2 Å². The van der Waals surface area contributed by atoms with Gasteiger partial charge in [0.15, 0.2) is 0 Å². The van der Waals surface area contributed by atoms with Crippen molar-refractivity contribution in [2.24, 2.45) is 5.92 Å². The number of likely N-dealkylation sites (tertiary alicyclic amines) is 1. The highest BCUT2D eigenvalue weighted by Crippen LogP contribution is 2.15. The molecule has 1 aromatic carbocycles. The molecule has 0 radical (unpaired) electrons. The van der Waals surface area contributed by atoms with Gasteiger partial charge in [-0.3, -0.25) is 9.69 Å². The van der Waals surface area contributed by atoms with Gasteiger partial charge >= 0.3 is 0 Å². The van der Waals surface area contributed by atoms with E-state index in [9.17, 15) is 4.79 Å². The molecule has 1 fully saturated rings. The summed E-state index contributed by atoms with van der Waals surface area (Å²) in [5.74, 6) is 0.677. The SMILES string of the molecule is CC1CCN(Cc2ccccc2)CCC1=O. The number of rotatable bonds is 2. The molecule has 16 heavy (non-hydrogen) atoms. The molecule has 0 amide bonds. The van der Waals surface area contributed by atoms with Crippen molar-refractivity contribution in [3.63, 3.8) is 0 Å². The van der Waals surface area contributed by atoms with Gasteiger partial charge in [-0.1, -0.05) is 37.3 Å². The second-order valence-corrected chi connectivity index (χ2v) is 4.67. The van der Waals surface area contributed by atoms with Crippen molar-refractivity contribution < 1.29 is 4.79 Å². The molecule has 1 aliphatic heterocycles. The van der Waals surface area contributed by atoms with Crippen LogP contribution in [0.25, 0.3) is 0 Å². The lowest BCUT2D eigenvalue weighted by molar-refractivity contribution is -0.122. The van der Waals surface area contributed by atoms with Gasteiger partial charge in [-0.25, -0.2) is 0 Å². The number of ketones is 1. The van der Waals surface area contributed by atoms with Crippen molar-refractivity contribution in [3.05, 3.63) is 35.9 Å². The molecule has 1 atom stereocenters. The smallest absolute Gasteiger partial charge is 0.137 e. The van der Waals surface area contributed by atoms with Crippen LogP contribution in [0.3, 0.4) is 0 Å². The first kappa shape index (κ1) is 11.3. The Morgan fingerprint density at radius 1 is 1.25 bits per heavy atom. The third kappa shape index (κ3) is 2.92. The van der Waals surface area contributed by atoms with E-state index in [2.05, 4.69) is 29.2 Å². The molecular weight excluding hydrogens is 198 g/mol. The Labute approximate surface area is 97.3 Å². The summed E-state index contributed by atoms with van der Waals surface area (Å²) in [5, 5.41) is 0. The van der Waals surface area contributed by atoms with Crippen LogP contribution in [0.1, 0.15) is 25.3 Å². The molecule has 0 spiro atoms. The molecule has 2 heteroatoms. The summed E-state index contributed by atoms with van der Waals surface area (Å²) in [4.78, 5) is 14.0. The largest absolute Gasteiger partial charge is 0.299 e. The van der Waals surface area contributed by atoms with Crippen molar-refractivity contribution >= 4 is 5.78 Å². The van der Waals surface area contributed by atoms with Crippen molar-refractivity contribution in [2.75, 3.05) is 13.1 Å². The minimum absolute atomic E-state index is 0.251. The third-order valence-corrected chi connectivity index (χ3v) is 3.35. The summed E-state index contributed by atoms with van der Waals surface area (Å²) in [6, 6.07) is 10.5. The molecule has 1 aromatic rings. The molecule has 0 bridgehead atoms. The maximum atomic E-state index is 11.6. The number of carbonyl (C=O) groups excluding carboxylic acids is 1. The van der Waals surface area contributed by atoms with E-state index in [1.54, 1.807) is 0 Å². The molecule has 0 aromatic heterocycles. The van der Waals surface area contributed by atoms with Crippen LogP contribution in [0.15, 0.2) is 30.3 Å². The molecule has 1 heterocycles. The second-order valence-electron chi connectivity index (χ2n) is 4.67. The number of carbonyl (C=O) groups is 1. The van der Waals surface area contributed by atoms with Gasteiger partial charge in [0.2, 0.25) is 0 Å². The Kier molecular flexibility index (Phi) is 3.73. The quantitative estimate of drug-likeness (QED) is 0.758. The average molecular weight is 217 g/mol. The fraction of sp³-hybridized carbons (Fsp3) is 0.500. The summed E-state index contributed by atoms with van der Waals surface area (Å²) in [7, 11) is 0. The normalized spacial score (nSPS) is 23.1. The Bertz CT molecular complexity index is 347. The van der Waals surface area contributed by atoms with Crippen LogP contribution in [0.5, 0.6) is 0 Å². The van der Waals surface area contributed by atoms with Gasteiger partial charge in [0.05, 0.1) is 0 Å². The van der Waals surface area contributed by atoms with Gasteiger partial charge in [-0.05, 0) is 18.5 Å². The van der Waals surface area contributed by atoms with E-state index >= 15 is 0 Å². The zero-order valence-electron chi connectivity index (χ0n) is 9.86. The average Bonchev–Trinajstić information content (AvgIpc) is 2.46. The number of benzene rings is 1. The first-order valence-corrected chi connectivity index (χ1v) is 6.04. The molecule has 86 valence electrons. The second kappa shape index (κ2) is 5.26.